The molecule has 4 aromatic rings. The molecule has 0 atom stereocenters. The van der Waals surface area contributed by atoms with Crippen LogP contribution < -0.4 is 15.6 Å². The minimum absolute atomic E-state index is 0.129. The fraction of sp³-hybridized carbons (Fsp3) is 0.269. The minimum atomic E-state index is -4.74. The summed E-state index contributed by atoms with van der Waals surface area (Å²) in [5, 5.41) is 4.10. The van der Waals surface area contributed by atoms with E-state index < -0.39 is 6.36 Å². The van der Waals surface area contributed by atoms with Crippen molar-refractivity contribution in [3.8, 4) is 16.9 Å². The van der Waals surface area contributed by atoms with Crippen molar-refractivity contribution in [1.82, 2.24) is 9.88 Å². The van der Waals surface area contributed by atoms with Gasteiger partial charge in [0.15, 0.2) is 0 Å². The number of rotatable bonds is 10. The monoisotopic (exact) mass is 486 g/mol. The molecule has 0 radical (unpaired) electrons. The zero-order valence-electron chi connectivity index (χ0n) is 19.1. The fourth-order valence-corrected chi connectivity index (χ4v) is 3.84. The Hall–Kier alpha value is -3.56. The molecule has 0 amide bonds. The number of alkyl halides is 3. The van der Waals surface area contributed by atoms with Crippen molar-refractivity contribution in [1.29, 1.82) is 0 Å². The van der Waals surface area contributed by atoms with Gasteiger partial charge >= 0.3 is 6.36 Å². The van der Waals surface area contributed by atoms with Crippen molar-refractivity contribution in [3.63, 3.8) is 0 Å². The summed E-state index contributed by atoms with van der Waals surface area (Å²) in [6.07, 6.45) is -3.14. The van der Waals surface area contributed by atoms with E-state index >= 15 is 0 Å². The van der Waals surface area contributed by atoms with Gasteiger partial charge < -0.3 is 23.8 Å². The van der Waals surface area contributed by atoms with Crippen molar-refractivity contribution in [3.05, 3.63) is 88.6 Å². The Morgan fingerprint density at radius 1 is 1.00 bits per heavy atom. The molecule has 0 aliphatic heterocycles. The van der Waals surface area contributed by atoms with Gasteiger partial charge in [-0.1, -0.05) is 24.3 Å². The lowest BCUT2D eigenvalue weighted by atomic mass is 10.0. The topological polar surface area (TPSA) is 65.6 Å². The van der Waals surface area contributed by atoms with Gasteiger partial charge in [0.2, 0.25) is 0 Å². The van der Waals surface area contributed by atoms with E-state index in [0.717, 1.165) is 22.2 Å². The summed E-state index contributed by atoms with van der Waals surface area (Å²) in [5.41, 5.74) is 2.67. The molecule has 9 heteroatoms. The molecule has 0 bridgehead atoms. The summed E-state index contributed by atoms with van der Waals surface area (Å²) in [5.74, 6) is 0.487. The first-order valence-electron chi connectivity index (χ1n) is 11.2. The lowest BCUT2D eigenvalue weighted by Crippen LogP contribution is -2.28. The van der Waals surface area contributed by atoms with Gasteiger partial charge in [-0.15, -0.1) is 13.2 Å². The SMILES string of the molecule is CCOCCn1c(=O)c(CNCc2ccco2)cc2ccc(-c3ccc(OC(F)(F)F)cc3)cc21. The van der Waals surface area contributed by atoms with Crippen molar-refractivity contribution >= 4 is 10.9 Å². The third-order valence-electron chi connectivity index (χ3n) is 5.45. The van der Waals surface area contributed by atoms with Crippen LogP contribution >= 0.6 is 0 Å². The first kappa shape index (κ1) is 24.6. The molecular weight excluding hydrogens is 461 g/mol. The van der Waals surface area contributed by atoms with E-state index in [1.54, 1.807) is 23.0 Å². The van der Waals surface area contributed by atoms with Crippen molar-refractivity contribution in [2.75, 3.05) is 13.2 Å². The Balaban J connectivity index is 1.64. The Kier molecular flexibility index (Phi) is 7.57. The maximum atomic E-state index is 13.3. The molecule has 0 saturated carbocycles. The molecule has 0 aliphatic carbocycles. The number of benzene rings is 2. The smallest absolute Gasteiger partial charge is 0.468 e. The van der Waals surface area contributed by atoms with Crippen molar-refractivity contribution in [2.45, 2.75) is 32.9 Å². The van der Waals surface area contributed by atoms with E-state index in [-0.39, 0.29) is 11.3 Å². The van der Waals surface area contributed by atoms with E-state index in [1.165, 1.54) is 12.1 Å². The molecule has 1 N–H and O–H groups in total. The van der Waals surface area contributed by atoms with Gasteiger partial charge in [-0.25, -0.2) is 0 Å². The first-order chi connectivity index (χ1) is 16.8. The first-order valence-corrected chi connectivity index (χ1v) is 11.2. The highest BCUT2D eigenvalue weighted by molar-refractivity contribution is 5.85. The van der Waals surface area contributed by atoms with Gasteiger partial charge in [0.25, 0.3) is 5.56 Å². The average Bonchev–Trinajstić information content (AvgIpc) is 3.34. The van der Waals surface area contributed by atoms with Crippen LogP contribution in [0.25, 0.3) is 22.0 Å². The molecule has 4 rings (SSSR count). The molecule has 6 nitrogen and oxygen atoms in total. The zero-order chi connectivity index (χ0) is 24.8. The Labute approximate surface area is 199 Å². The Morgan fingerprint density at radius 3 is 2.46 bits per heavy atom. The van der Waals surface area contributed by atoms with Crippen molar-refractivity contribution < 1.29 is 27.1 Å². The van der Waals surface area contributed by atoms with Crippen LogP contribution in [0, 0.1) is 0 Å². The van der Waals surface area contributed by atoms with Gasteiger partial charge in [0.05, 0.1) is 24.9 Å². The summed E-state index contributed by atoms with van der Waals surface area (Å²) in [6.45, 7) is 4.04. The predicted octanol–water partition coefficient (Wildman–Crippen LogP) is 5.49. The molecular formula is C26H25F3N2O4. The second-order valence-electron chi connectivity index (χ2n) is 7.85. The molecule has 0 saturated heterocycles. The molecule has 35 heavy (non-hydrogen) atoms. The number of furan rings is 1. The van der Waals surface area contributed by atoms with Gasteiger partial charge in [-0.3, -0.25) is 4.79 Å². The molecule has 0 fully saturated rings. The fourth-order valence-electron chi connectivity index (χ4n) is 3.84. The van der Waals surface area contributed by atoms with Gasteiger partial charge in [-0.05, 0) is 59.8 Å². The number of nitrogens with zero attached hydrogens (tertiary/aromatic N) is 1. The predicted molar refractivity (Wildman–Crippen MR) is 126 cm³/mol. The standard InChI is InChI=1S/C26H25F3N2O4/c1-2-33-13-11-31-24-15-19(18-7-9-22(10-8-18)35-26(27,28)29)5-6-20(24)14-21(25(31)32)16-30-17-23-4-3-12-34-23/h3-10,12,14-15,30H,2,11,13,16-17H2,1H3. The quantitative estimate of drug-likeness (QED) is 0.301. The van der Waals surface area contributed by atoms with Gasteiger partial charge in [0.1, 0.15) is 11.5 Å². The van der Waals surface area contributed by atoms with Gasteiger partial charge in [0, 0.05) is 25.3 Å². The number of hydrogen-bond donors (Lipinski definition) is 1. The number of fused-ring (bicyclic) bond motifs is 1. The van der Waals surface area contributed by atoms with Crippen LogP contribution in [0.5, 0.6) is 5.75 Å². The number of aromatic nitrogens is 1. The van der Waals surface area contributed by atoms with E-state index in [9.17, 15) is 18.0 Å². The third-order valence-corrected chi connectivity index (χ3v) is 5.45. The number of pyridine rings is 1. The summed E-state index contributed by atoms with van der Waals surface area (Å²) in [6, 6.07) is 16.8. The number of ether oxygens (including phenoxy) is 2. The minimum Gasteiger partial charge on any atom is -0.468 e. The number of halogens is 3. The number of nitrogens with one attached hydrogen (secondary N) is 1. The van der Waals surface area contributed by atoms with E-state index in [4.69, 9.17) is 9.15 Å². The third kappa shape index (κ3) is 6.32. The summed E-state index contributed by atoms with van der Waals surface area (Å²) in [7, 11) is 0. The highest BCUT2D eigenvalue weighted by atomic mass is 19.4. The molecule has 2 aromatic heterocycles. The van der Waals surface area contributed by atoms with E-state index in [2.05, 4.69) is 10.1 Å². The molecule has 0 spiro atoms. The number of hydrogen-bond acceptors (Lipinski definition) is 5. The maximum Gasteiger partial charge on any atom is 0.573 e. The van der Waals surface area contributed by atoms with Gasteiger partial charge in [-0.2, -0.15) is 0 Å². The van der Waals surface area contributed by atoms with Crippen LogP contribution in [0.2, 0.25) is 0 Å². The highest BCUT2D eigenvalue weighted by Crippen LogP contribution is 2.28. The summed E-state index contributed by atoms with van der Waals surface area (Å²) < 4.78 is 53.8. The second kappa shape index (κ2) is 10.8. The largest absolute Gasteiger partial charge is 0.573 e. The summed E-state index contributed by atoms with van der Waals surface area (Å²) >= 11 is 0. The average molecular weight is 486 g/mol. The molecule has 2 heterocycles. The van der Waals surface area contributed by atoms with Crippen molar-refractivity contribution in [2.24, 2.45) is 0 Å². The normalized spacial score (nSPS) is 11.8. The lowest BCUT2D eigenvalue weighted by molar-refractivity contribution is -0.274. The highest BCUT2D eigenvalue weighted by Gasteiger charge is 2.31. The molecule has 0 unspecified atom stereocenters. The van der Waals surface area contributed by atoms with Crippen LogP contribution in [0.1, 0.15) is 18.2 Å². The van der Waals surface area contributed by atoms with Crippen LogP contribution in [-0.2, 0) is 24.4 Å². The van der Waals surface area contributed by atoms with E-state index in [0.29, 0.717) is 44.0 Å². The summed E-state index contributed by atoms with van der Waals surface area (Å²) in [4.78, 5) is 13.3. The van der Waals surface area contributed by atoms with Crippen LogP contribution in [0.15, 0.2) is 76.1 Å². The Bertz CT molecular complexity index is 1310. The zero-order valence-corrected chi connectivity index (χ0v) is 19.1. The molecule has 0 aliphatic rings. The second-order valence-corrected chi connectivity index (χ2v) is 7.85. The van der Waals surface area contributed by atoms with Crippen LogP contribution in [0.3, 0.4) is 0 Å². The van der Waals surface area contributed by atoms with Crippen LogP contribution in [-0.4, -0.2) is 24.1 Å². The molecule has 184 valence electrons. The Morgan fingerprint density at radius 2 is 1.77 bits per heavy atom. The lowest BCUT2D eigenvalue weighted by Gasteiger charge is -2.15. The maximum absolute atomic E-state index is 13.3. The van der Waals surface area contributed by atoms with Crippen LogP contribution in [0.4, 0.5) is 13.2 Å². The molecule has 2 aromatic carbocycles. The van der Waals surface area contributed by atoms with E-state index in [1.807, 2.05) is 43.3 Å².